The molecule has 1 aromatic heterocycles. The summed E-state index contributed by atoms with van der Waals surface area (Å²) in [6.07, 6.45) is 1.26. The minimum atomic E-state index is -0.665. The fourth-order valence-electron chi connectivity index (χ4n) is 1.16. The molecule has 7 nitrogen and oxygen atoms in total. The van der Waals surface area contributed by atoms with E-state index in [0.29, 0.717) is 0 Å². The van der Waals surface area contributed by atoms with E-state index >= 15 is 0 Å². The van der Waals surface area contributed by atoms with Gasteiger partial charge >= 0.3 is 11.9 Å². The minimum absolute atomic E-state index is 0.0181. The van der Waals surface area contributed by atoms with E-state index in [1.807, 2.05) is 0 Å². The molecule has 0 aliphatic carbocycles. The van der Waals surface area contributed by atoms with Crippen LogP contribution in [-0.2, 0) is 14.3 Å². The zero-order valence-electron chi connectivity index (χ0n) is 8.04. The fourth-order valence-corrected chi connectivity index (χ4v) is 1.16. The van der Waals surface area contributed by atoms with Gasteiger partial charge in [0.1, 0.15) is 23.9 Å². The summed E-state index contributed by atoms with van der Waals surface area (Å²) >= 11 is 0. The summed E-state index contributed by atoms with van der Waals surface area (Å²) < 4.78 is 14.6. The van der Waals surface area contributed by atoms with Crippen LogP contribution in [0.5, 0.6) is 0 Å². The van der Waals surface area contributed by atoms with Crippen molar-refractivity contribution in [3.05, 3.63) is 33.8 Å². The Labute approximate surface area is 89.4 Å². The van der Waals surface area contributed by atoms with Crippen LogP contribution < -0.4 is 0 Å². The van der Waals surface area contributed by atoms with Crippen LogP contribution in [0.3, 0.4) is 0 Å². The highest BCUT2D eigenvalue weighted by Crippen LogP contribution is 2.19. The largest absolute Gasteiger partial charge is 0.483 e. The van der Waals surface area contributed by atoms with Gasteiger partial charge in [0.2, 0.25) is 5.76 Å². The van der Waals surface area contributed by atoms with Crippen molar-refractivity contribution in [2.45, 2.75) is 0 Å². The van der Waals surface area contributed by atoms with Crippen LogP contribution in [0, 0.1) is 10.1 Å². The van der Waals surface area contributed by atoms with E-state index in [0.717, 1.165) is 0 Å². The number of carbonyl (C=O) groups is 1. The molecule has 0 saturated carbocycles. The molecule has 0 spiro atoms. The summed E-state index contributed by atoms with van der Waals surface area (Å²) in [4.78, 5) is 20.8. The third-order valence-electron chi connectivity index (χ3n) is 1.84. The first-order valence-corrected chi connectivity index (χ1v) is 4.42. The number of nitro groups is 1. The number of hydrogen-bond acceptors (Lipinski definition) is 6. The summed E-state index contributed by atoms with van der Waals surface area (Å²) in [6, 6.07) is 2.57. The van der Waals surface area contributed by atoms with Gasteiger partial charge in [-0.05, 0) is 6.07 Å². The topological polar surface area (TPSA) is 91.8 Å². The second-order valence-electron chi connectivity index (χ2n) is 2.93. The molecule has 0 aromatic carbocycles. The molecule has 1 fully saturated rings. The monoisotopic (exact) mass is 225 g/mol. The summed E-state index contributed by atoms with van der Waals surface area (Å²) in [5.41, 5.74) is 0. The molecule has 7 heteroatoms. The first kappa shape index (κ1) is 10.2. The maximum atomic E-state index is 11.1. The second kappa shape index (κ2) is 4.05. The van der Waals surface area contributed by atoms with Crippen LogP contribution in [0.1, 0.15) is 5.76 Å². The number of carbonyl (C=O) groups excluding carboxylic acids is 1. The van der Waals surface area contributed by atoms with Crippen molar-refractivity contribution in [1.82, 2.24) is 0 Å². The molecule has 2 heterocycles. The van der Waals surface area contributed by atoms with Gasteiger partial charge in [-0.2, -0.15) is 0 Å². The van der Waals surface area contributed by atoms with Crippen LogP contribution in [0.25, 0.3) is 6.08 Å². The Kier molecular flexibility index (Phi) is 2.59. The molecular formula is C9H7NO6. The Morgan fingerprint density at radius 1 is 1.31 bits per heavy atom. The summed E-state index contributed by atoms with van der Waals surface area (Å²) in [7, 11) is 0. The van der Waals surface area contributed by atoms with Gasteiger partial charge in [-0.1, -0.05) is 0 Å². The van der Waals surface area contributed by atoms with Crippen molar-refractivity contribution in [2.24, 2.45) is 0 Å². The highest BCUT2D eigenvalue weighted by atomic mass is 16.6. The standard InChI is InChI=1S/C9H7NO6/c11-9-7(14-3-4-15-9)5-6-1-2-8(16-6)10(12)13/h1-2,5H,3-4H2. The Morgan fingerprint density at radius 3 is 2.69 bits per heavy atom. The zero-order chi connectivity index (χ0) is 11.5. The molecular weight excluding hydrogens is 218 g/mol. The van der Waals surface area contributed by atoms with Crippen molar-refractivity contribution < 1.29 is 23.6 Å². The quantitative estimate of drug-likeness (QED) is 0.324. The van der Waals surface area contributed by atoms with Crippen molar-refractivity contribution in [2.75, 3.05) is 13.2 Å². The SMILES string of the molecule is O=C1OCCOC1=Cc1ccc([N+](=O)[O-])o1. The number of esters is 1. The van der Waals surface area contributed by atoms with Crippen LogP contribution in [0.4, 0.5) is 5.88 Å². The number of rotatable bonds is 2. The molecule has 0 bridgehead atoms. The third kappa shape index (κ3) is 2.02. The molecule has 1 aliphatic heterocycles. The second-order valence-corrected chi connectivity index (χ2v) is 2.93. The molecule has 0 unspecified atom stereocenters. The number of cyclic esters (lactones) is 1. The van der Waals surface area contributed by atoms with Crippen LogP contribution >= 0.6 is 0 Å². The molecule has 1 aromatic rings. The average molecular weight is 225 g/mol. The smallest absolute Gasteiger partial charge is 0.433 e. The molecule has 84 valence electrons. The maximum Gasteiger partial charge on any atom is 0.433 e. The number of ether oxygens (including phenoxy) is 2. The average Bonchev–Trinajstić information content (AvgIpc) is 2.70. The van der Waals surface area contributed by atoms with Gasteiger partial charge in [-0.15, -0.1) is 0 Å². The lowest BCUT2D eigenvalue weighted by atomic mass is 10.3. The number of hydrogen-bond donors (Lipinski definition) is 0. The molecule has 0 radical (unpaired) electrons. The normalized spacial score (nSPS) is 18.0. The van der Waals surface area contributed by atoms with Crippen molar-refractivity contribution in [3.63, 3.8) is 0 Å². The van der Waals surface area contributed by atoms with Gasteiger partial charge in [0.25, 0.3) is 0 Å². The van der Waals surface area contributed by atoms with E-state index < -0.39 is 16.8 Å². The van der Waals surface area contributed by atoms with E-state index in [-0.39, 0.29) is 24.7 Å². The van der Waals surface area contributed by atoms with Crippen LogP contribution in [-0.4, -0.2) is 24.1 Å². The highest BCUT2D eigenvalue weighted by molar-refractivity contribution is 5.91. The lowest BCUT2D eigenvalue weighted by Gasteiger charge is -2.14. The molecule has 1 saturated heterocycles. The Bertz CT molecular complexity index is 460. The first-order valence-electron chi connectivity index (χ1n) is 4.42. The van der Waals surface area contributed by atoms with Gasteiger partial charge in [0, 0.05) is 6.08 Å². The van der Waals surface area contributed by atoms with Gasteiger partial charge in [0.05, 0.1) is 6.07 Å². The summed E-state index contributed by atoms with van der Waals surface area (Å²) in [6.45, 7) is 0.467. The van der Waals surface area contributed by atoms with Crippen molar-refractivity contribution >= 4 is 17.9 Å². The van der Waals surface area contributed by atoms with E-state index in [1.165, 1.54) is 18.2 Å². The van der Waals surface area contributed by atoms with Gasteiger partial charge in [-0.25, -0.2) is 4.79 Å². The zero-order valence-corrected chi connectivity index (χ0v) is 8.04. The summed E-state index contributed by atoms with van der Waals surface area (Å²) in [5, 5.41) is 10.3. The Hall–Kier alpha value is -2.31. The van der Waals surface area contributed by atoms with Gasteiger partial charge < -0.3 is 13.9 Å². The van der Waals surface area contributed by atoms with Crippen molar-refractivity contribution in [1.29, 1.82) is 0 Å². The Balaban J connectivity index is 2.21. The van der Waals surface area contributed by atoms with E-state index in [4.69, 9.17) is 13.9 Å². The lowest BCUT2D eigenvalue weighted by molar-refractivity contribution is -0.402. The van der Waals surface area contributed by atoms with Gasteiger partial charge in [-0.3, -0.25) is 10.1 Å². The van der Waals surface area contributed by atoms with E-state index in [9.17, 15) is 14.9 Å². The van der Waals surface area contributed by atoms with E-state index in [1.54, 1.807) is 0 Å². The van der Waals surface area contributed by atoms with Gasteiger partial charge in [0.15, 0.2) is 0 Å². The van der Waals surface area contributed by atoms with Crippen molar-refractivity contribution in [3.8, 4) is 0 Å². The molecule has 0 atom stereocenters. The fraction of sp³-hybridized carbons (Fsp3) is 0.222. The predicted molar refractivity (Wildman–Crippen MR) is 50.3 cm³/mol. The highest BCUT2D eigenvalue weighted by Gasteiger charge is 2.19. The maximum absolute atomic E-state index is 11.1. The number of nitrogens with zero attached hydrogens (tertiary/aromatic N) is 1. The molecule has 0 amide bonds. The minimum Gasteiger partial charge on any atom is -0.483 e. The summed E-state index contributed by atoms with van der Waals surface area (Å²) in [5.74, 6) is -0.850. The molecule has 0 N–H and O–H groups in total. The molecule has 2 rings (SSSR count). The lowest BCUT2D eigenvalue weighted by Crippen LogP contribution is -2.21. The number of furan rings is 1. The van der Waals surface area contributed by atoms with Crippen LogP contribution in [0.2, 0.25) is 0 Å². The Morgan fingerprint density at radius 2 is 2.06 bits per heavy atom. The predicted octanol–water partition coefficient (Wildman–Crippen LogP) is 1.10. The molecule has 16 heavy (non-hydrogen) atoms. The molecule has 1 aliphatic rings. The van der Waals surface area contributed by atoms with E-state index in [2.05, 4.69) is 0 Å². The van der Waals surface area contributed by atoms with Crippen LogP contribution in [0.15, 0.2) is 22.3 Å². The third-order valence-corrected chi connectivity index (χ3v) is 1.84. The first-order chi connectivity index (χ1) is 7.66.